The van der Waals surface area contributed by atoms with Gasteiger partial charge < -0.3 is 9.47 Å². The summed E-state index contributed by atoms with van der Waals surface area (Å²) < 4.78 is 19.6. The van der Waals surface area contributed by atoms with Crippen LogP contribution in [0.25, 0.3) is 81.0 Å². The maximum atomic E-state index is 14.8. The number of benzene rings is 9. The third-order valence-corrected chi connectivity index (χ3v) is 12.4. The van der Waals surface area contributed by atoms with Crippen LogP contribution < -0.4 is 4.90 Å². The van der Waals surface area contributed by atoms with Crippen molar-refractivity contribution in [1.29, 1.82) is 0 Å². The summed E-state index contributed by atoms with van der Waals surface area (Å²) in [6, 6.07) is 74.3. The molecule has 2 heterocycles. The van der Waals surface area contributed by atoms with Gasteiger partial charge in [0.25, 0.3) is 0 Å². The molecule has 0 fully saturated rings. The van der Waals surface area contributed by atoms with Crippen molar-refractivity contribution in [2.75, 3.05) is 4.90 Å². The first-order chi connectivity index (χ1) is 28.7. The van der Waals surface area contributed by atoms with Gasteiger partial charge in [-0.25, -0.2) is 4.39 Å². The first-order valence-corrected chi connectivity index (χ1v) is 20.3. The average molecular weight is 763 g/mol. The zero-order chi connectivity index (χ0) is 38.6. The lowest BCUT2D eigenvalue weighted by Gasteiger charge is -2.26. The van der Waals surface area contributed by atoms with Crippen molar-refractivity contribution in [1.82, 2.24) is 4.57 Å². The molecule has 0 N–H and O–H groups in total. The largest absolute Gasteiger partial charge is 0.310 e. The van der Waals surface area contributed by atoms with Gasteiger partial charge in [-0.3, -0.25) is 0 Å². The van der Waals surface area contributed by atoms with E-state index in [1.54, 1.807) is 12.1 Å². The lowest BCUT2D eigenvalue weighted by Crippen LogP contribution is -2.10. The molecule has 0 aliphatic heterocycles. The molecule has 9 aromatic carbocycles. The summed E-state index contributed by atoms with van der Waals surface area (Å²) in [5.74, 6) is -0.250. The van der Waals surface area contributed by atoms with Crippen LogP contribution in [0, 0.1) is 5.82 Å². The number of hydrogen-bond acceptors (Lipinski definition) is 2. The molecule has 0 aliphatic rings. The topological polar surface area (TPSA) is 8.17 Å². The number of rotatable bonds is 7. The predicted molar refractivity (Wildman–Crippen MR) is 245 cm³/mol. The molecule has 0 atom stereocenters. The van der Waals surface area contributed by atoms with Crippen LogP contribution in [0.5, 0.6) is 0 Å². The molecule has 4 heteroatoms. The fraction of sp³-hybridized carbons (Fsp3) is 0. The fourth-order valence-electron chi connectivity index (χ4n) is 8.52. The number of fused-ring (bicyclic) bond motifs is 6. The highest BCUT2D eigenvalue weighted by molar-refractivity contribution is 7.25. The monoisotopic (exact) mass is 762 g/mol. The third-order valence-electron chi connectivity index (χ3n) is 11.3. The number of anilines is 3. The van der Waals surface area contributed by atoms with E-state index in [1.807, 2.05) is 29.5 Å². The molecule has 0 amide bonds. The van der Waals surface area contributed by atoms with E-state index in [0.717, 1.165) is 61.2 Å². The highest BCUT2D eigenvalue weighted by Gasteiger charge is 2.18. The Kier molecular flexibility index (Phi) is 8.23. The molecule has 0 bridgehead atoms. The van der Waals surface area contributed by atoms with Crippen LogP contribution in [-0.4, -0.2) is 4.57 Å². The lowest BCUT2D eigenvalue weighted by molar-refractivity contribution is 0.629. The van der Waals surface area contributed by atoms with Crippen molar-refractivity contribution in [2.45, 2.75) is 0 Å². The zero-order valence-electron chi connectivity index (χ0n) is 31.4. The summed E-state index contributed by atoms with van der Waals surface area (Å²) in [4.78, 5) is 2.33. The minimum atomic E-state index is -0.250. The zero-order valence-corrected chi connectivity index (χ0v) is 32.2. The summed E-state index contributed by atoms with van der Waals surface area (Å²) >= 11 is 1.85. The van der Waals surface area contributed by atoms with Crippen molar-refractivity contribution in [3.8, 4) is 39.1 Å². The Labute approximate surface area is 339 Å². The number of para-hydroxylation sites is 2. The van der Waals surface area contributed by atoms with Crippen LogP contribution in [0.2, 0.25) is 0 Å². The Bertz CT molecular complexity index is 3290. The van der Waals surface area contributed by atoms with Crippen LogP contribution in [0.4, 0.5) is 21.5 Å². The second-order valence-electron chi connectivity index (χ2n) is 14.7. The summed E-state index contributed by atoms with van der Waals surface area (Å²) in [5, 5.41) is 4.73. The standard InChI is InChI=1S/C54H35FN2S/c55-41-26-31-47-46-16-5-8-19-51(46)57(52(47)35-41)50-18-7-4-15-45(50)38-23-29-43(30-24-38)56(44-14-10-13-39(33-44)36-11-2-1-3-12-36)42-27-21-37(22-28-42)40-25-32-54-49(34-40)48-17-6-9-20-53(48)58-54/h1-35H. The van der Waals surface area contributed by atoms with Gasteiger partial charge in [0.15, 0.2) is 0 Å². The summed E-state index contributed by atoms with van der Waals surface area (Å²) in [6.07, 6.45) is 0. The first kappa shape index (κ1) is 34.0. The van der Waals surface area contributed by atoms with E-state index in [0.29, 0.717) is 0 Å². The van der Waals surface area contributed by atoms with Crippen molar-refractivity contribution in [2.24, 2.45) is 0 Å². The molecule has 0 aliphatic carbocycles. The summed E-state index contributed by atoms with van der Waals surface area (Å²) in [7, 11) is 0. The molecule has 0 spiro atoms. The van der Waals surface area contributed by atoms with E-state index < -0.39 is 0 Å². The maximum Gasteiger partial charge on any atom is 0.125 e. The minimum absolute atomic E-state index is 0.250. The van der Waals surface area contributed by atoms with E-state index in [9.17, 15) is 4.39 Å². The average Bonchev–Trinajstić information content (AvgIpc) is 3.82. The van der Waals surface area contributed by atoms with E-state index in [1.165, 1.54) is 36.9 Å². The van der Waals surface area contributed by atoms with Gasteiger partial charge in [0.05, 0.1) is 16.7 Å². The molecular weight excluding hydrogens is 728 g/mol. The number of aromatic nitrogens is 1. The van der Waals surface area contributed by atoms with E-state index in [4.69, 9.17) is 0 Å². The second kappa shape index (κ2) is 14.0. The first-order valence-electron chi connectivity index (χ1n) is 19.5. The molecule has 0 saturated heterocycles. The van der Waals surface area contributed by atoms with E-state index in [2.05, 4.69) is 191 Å². The second-order valence-corrected chi connectivity index (χ2v) is 15.8. The van der Waals surface area contributed by atoms with Crippen molar-refractivity contribution in [3.05, 3.63) is 218 Å². The van der Waals surface area contributed by atoms with E-state index >= 15 is 0 Å². The Balaban J connectivity index is 1.01. The SMILES string of the molecule is Fc1ccc2c3ccccc3n(-c3ccccc3-c3ccc(N(c4ccc(-c5ccc6sc7ccccc7c6c5)cc4)c4cccc(-c5ccccc5)c4)cc3)c2c1. The van der Waals surface area contributed by atoms with Crippen molar-refractivity contribution >= 4 is 70.4 Å². The maximum absolute atomic E-state index is 14.8. The highest BCUT2D eigenvalue weighted by atomic mass is 32.1. The normalized spacial score (nSPS) is 11.5. The Morgan fingerprint density at radius 2 is 0.966 bits per heavy atom. The smallest absolute Gasteiger partial charge is 0.125 e. The molecule has 2 aromatic heterocycles. The van der Waals surface area contributed by atoms with Gasteiger partial charge >= 0.3 is 0 Å². The molecule has 274 valence electrons. The molecule has 58 heavy (non-hydrogen) atoms. The number of thiophene rings is 1. The molecule has 11 rings (SSSR count). The Hall–Kier alpha value is -7.27. The van der Waals surface area contributed by atoms with Gasteiger partial charge in [-0.05, 0) is 113 Å². The predicted octanol–water partition coefficient (Wildman–Crippen LogP) is 15.8. The van der Waals surface area contributed by atoms with E-state index in [-0.39, 0.29) is 5.82 Å². The van der Waals surface area contributed by atoms with Crippen LogP contribution >= 0.6 is 11.3 Å². The highest BCUT2D eigenvalue weighted by Crippen LogP contribution is 2.41. The van der Waals surface area contributed by atoms with Gasteiger partial charge in [-0.15, -0.1) is 11.3 Å². The Morgan fingerprint density at radius 1 is 0.362 bits per heavy atom. The quantitative estimate of drug-likeness (QED) is 0.157. The summed E-state index contributed by atoms with van der Waals surface area (Å²) in [5.41, 5.74) is 12.9. The summed E-state index contributed by atoms with van der Waals surface area (Å²) in [6.45, 7) is 0. The fourth-order valence-corrected chi connectivity index (χ4v) is 9.60. The number of nitrogens with zero attached hydrogens (tertiary/aromatic N) is 2. The lowest BCUT2D eigenvalue weighted by atomic mass is 10.0. The van der Waals surface area contributed by atoms with Gasteiger partial charge in [0, 0.05) is 53.6 Å². The van der Waals surface area contributed by atoms with Crippen LogP contribution in [0.3, 0.4) is 0 Å². The van der Waals surface area contributed by atoms with Gasteiger partial charge in [0.1, 0.15) is 5.82 Å². The van der Waals surface area contributed by atoms with Gasteiger partial charge in [-0.1, -0.05) is 127 Å². The molecular formula is C54H35FN2S. The van der Waals surface area contributed by atoms with Crippen molar-refractivity contribution in [3.63, 3.8) is 0 Å². The van der Waals surface area contributed by atoms with Crippen LogP contribution in [-0.2, 0) is 0 Å². The molecule has 0 saturated carbocycles. The third kappa shape index (κ3) is 5.85. The molecule has 11 aromatic rings. The molecule has 0 unspecified atom stereocenters. The van der Waals surface area contributed by atoms with Crippen LogP contribution in [0.15, 0.2) is 212 Å². The van der Waals surface area contributed by atoms with Crippen LogP contribution in [0.1, 0.15) is 0 Å². The number of hydrogen-bond donors (Lipinski definition) is 0. The van der Waals surface area contributed by atoms with Gasteiger partial charge in [0.2, 0.25) is 0 Å². The Morgan fingerprint density at radius 3 is 1.79 bits per heavy atom. The van der Waals surface area contributed by atoms with Gasteiger partial charge in [-0.2, -0.15) is 0 Å². The number of halogens is 1. The van der Waals surface area contributed by atoms with Crippen molar-refractivity contribution < 1.29 is 4.39 Å². The molecule has 0 radical (unpaired) electrons. The molecule has 2 nitrogen and oxygen atoms in total. The minimum Gasteiger partial charge on any atom is -0.310 e.